The van der Waals surface area contributed by atoms with E-state index in [0.29, 0.717) is 0 Å². The Morgan fingerprint density at radius 1 is 1.44 bits per heavy atom. The van der Waals surface area contributed by atoms with Crippen molar-refractivity contribution in [2.45, 2.75) is 26.4 Å². The lowest BCUT2D eigenvalue weighted by Crippen LogP contribution is -2.04. The molecule has 0 radical (unpaired) electrons. The average molecular weight is 215 g/mol. The van der Waals surface area contributed by atoms with Gasteiger partial charge in [0.25, 0.3) is 0 Å². The minimum absolute atomic E-state index is 0.0943. The van der Waals surface area contributed by atoms with Crippen LogP contribution in [0.2, 0.25) is 0 Å². The van der Waals surface area contributed by atoms with E-state index >= 15 is 0 Å². The minimum Gasteiger partial charge on any atom is -0.350 e. The molecule has 0 saturated carbocycles. The molecule has 1 atom stereocenters. The smallest absolute Gasteiger partial charge is 0.0485 e. The molecule has 2 aromatic rings. The van der Waals surface area contributed by atoms with Crippen LogP contribution in [0.5, 0.6) is 0 Å². The topological polar surface area (TPSA) is 43.8 Å². The SMILES string of the molecule is Cc1cncc(Cn2ccc(C(C)N)c2)c1. The fraction of sp³-hybridized carbons (Fsp3) is 0.308. The van der Waals surface area contributed by atoms with Crippen molar-refractivity contribution in [1.82, 2.24) is 9.55 Å². The van der Waals surface area contributed by atoms with E-state index < -0.39 is 0 Å². The maximum absolute atomic E-state index is 5.82. The van der Waals surface area contributed by atoms with Crippen LogP contribution in [-0.4, -0.2) is 9.55 Å². The first-order valence-corrected chi connectivity index (χ1v) is 5.47. The van der Waals surface area contributed by atoms with E-state index in [4.69, 9.17) is 5.73 Å². The summed E-state index contributed by atoms with van der Waals surface area (Å²) >= 11 is 0. The molecule has 2 rings (SSSR count). The molecular weight excluding hydrogens is 198 g/mol. The lowest BCUT2D eigenvalue weighted by molar-refractivity contribution is 0.774. The first-order chi connectivity index (χ1) is 7.65. The fourth-order valence-corrected chi connectivity index (χ4v) is 1.74. The molecule has 3 heteroatoms. The molecular formula is C13H17N3. The molecule has 0 saturated heterocycles. The Bertz CT molecular complexity index is 472. The number of rotatable bonds is 3. The molecule has 0 aromatic carbocycles. The maximum atomic E-state index is 5.82. The lowest BCUT2D eigenvalue weighted by atomic mass is 10.2. The third kappa shape index (κ3) is 2.49. The number of aryl methyl sites for hydroxylation is 1. The third-order valence-electron chi connectivity index (χ3n) is 2.60. The molecule has 2 N–H and O–H groups in total. The van der Waals surface area contributed by atoms with Gasteiger partial charge < -0.3 is 10.3 Å². The normalized spacial score (nSPS) is 12.7. The van der Waals surface area contributed by atoms with Crippen molar-refractivity contribution in [3.8, 4) is 0 Å². The van der Waals surface area contributed by atoms with Crippen LogP contribution in [-0.2, 0) is 6.54 Å². The number of pyridine rings is 1. The quantitative estimate of drug-likeness (QED) is 0.853. The van der Waals surface area contributed by atoms with Gasteiger partial charge in [-0.25, -0.2) is 0 Å². The van der Waals surface area contributed by atoms with Crippen molar-refractivity contribution in [2.75, 3.05) is 0 Å². The summed E-state index contributed by atoms with van der Waals surface area (Å²) in [6.45, 7) is 4.90. The first kappa shape index (κ1) is 10.9. The van der Waals surface area contributed by atoms with E-state index in [2.05, 4.69) is 41.0 Å². The number of aromatic nitrogens is 2. The van der Waals surface area contributed by atoms with Crippen molar-refractivity contribution in [1.29, 1.82) is 0 Å². The summed E-state index contributed by atoms with van der Waals surface area (Å²) in [5.41, 5.74) is 9.39. The van der Waals surface area contributed by atoms with Crippen molar-refractivity contribution in [2.24, 2.45) is 5.73 Å². The number of nitrogens with two attached hydrogens (primary N) is 1. The molecule has 2 heterocycles. The van der Waals surface area contributed by atoms with Crippen LogP contribution in [0.3, 0.4) is 0 Å². The molecule has 3 nitrogen and oxygen atoms in total. The second-order valence-corrected chi connectivity index (χ2v) is 4.28. The molecule has 0 aliphatic heterocycles. The maximum Gasteiger partial charge on any atom is 0.0485 e. The molecule has 0 fully saturated rings. The predicted molar refractivity (Wildman–Crippen MR) is 65.1 cm³/mol. The van der Waals surface area contributed by atoms with Gasteiger partial charge in [0.05, 0.1) is 0 Å². The molecule has 0 bridgehead atoms. The van der Waals surface area contributed by atoms with Gasteiger partial charge in [-0.2, -0.15) is 0 Å². The zero-order chi connectivity index (χ0) is 11.5. The highest BCUT2D eigenvalue weighted by Gasteiger charge is 2.02. The summed E-state index contributed by atoms with van der Waals surface area (Å²) in [7, 11) is 0. The van der Waals surface area contributed by atoms with E-state index in [1.807, 2.05) is 19.3 Å². The standard InChI is InChI=1S/C13H17N3/c1-10-5-12(7-15-6-10)8-16-4-3-13(9-16)11(2)14/h3-7,9,11H,8,14H2,1-2H3. The summed E-state index contributed by atoms with van der Waals surface area (Å²) in [5.74, 6) is 0. The Morgan fingerprint density at radius 3 is 2.88 bits per heavy atom. The molecule has 0 amide bonds. The molecule has 84 valence electrons. The van der Waals surface area contributed by atoms with Crippen molar-refractivity contribution in [3.05, 3.63) is 53.6 Å². The van der Waals surface area contributed by atoms with Crippen LogP contribution < -0.4 is 5.73 Å². The number of hydrogen-bond acceptors (Lipinski definition) is 2. The highest BCUT2D eigenvalue weighted by atomic mass is 14.9. The van der Waals surface area contributed by atoms with Gasteiger partial charge in [-0.05, 0) is 36.6 Å². The van der Waals surface area contributed by atoms with Crippen LogP contribution in [0.4, 0.5) is 0 Å². The van der Waals surface area contributed by atoms with E-state index in [-0.39, 0.29) is 6.04 Å². The summed E-state index contributed by atoms with van der Waals surface area (Å²) in [5, 5.41) is 0. The Balaban J connectivity index is 2.14. The largest absolute Gasteiger partial charge is 0.350 e. The highest BCUT2D eigenvalue weighted by molar-refractivity contribution is 5.19. The van der Waals surface area contributed by atoms with Gasteiger partial charge in [0, 0.05) is 37.4 Å². The molecule has 2 aromatic heterocycles. The van der Waals surface area contributed by atoms with Crippen LogP contribution in [0.15, 0.2) is 36.9 Å². The van der Waals surface area contributed by atoms with Crippen molar-refractivity contribution >= 4 is 0 Å². The Kier molecular flexibility index (Phi) is 3.06. The van der Waals surface area contributed by atoms with Crippen LogP contribution >= 0.6 is 0 Å². The van der Waals surface area contributed by atoms with Gasteiger partial charge in [-0.1, -0.05) is 6.07 Å². The minimum atomic E-state index is 0.0943. The number of nitrogens with zero attached hydrogens (tertiary/aromatic N) is 2. The van der Waals surface area contributed by atoms with Gasteiger partial charge in [-0.15, -0.1) is 0 Å². The van der Waals surface area contributed by atoms with Gasteiger partial charge >= 0.3 is 0 Å². The third-order valence-corrected chi connectivity index (χ3v) is 2.60. The Morgan fingerprint density at radius 2 is 2.25 bits per heavy atom. The zero-order valence-electron chi connectivity index (χ0n) is 9.72. The van der Waals surface area contributed by atoms with Crippen molar-refractivity contribution in [3.63, 3.8) is 0 Å². The molecule has 1 unspecified atom stereocenters. The van der Waals surface area contributed by atoms with Gasteiger partial charge in [0.15, 0.2) is 0 Å². The second kappa shape index (κ2) is 4.49. The average Bonchev–Trinajstić information content (AvgIpc) is 2.66. The predicted octanol–water partition coefficient (Wildman–Crippen LogP) is 2.26. The van der Waals surface area contributed by atoms with E-state index in [0.717, 1.165) is 6.54 Å². The summed E-state index contributed by atoms with van der Waals surface area (Å²) in [4.78, 5) is 4.18. The van der Waals surface area contributed by atoms with Gasteiger partial charge in [0.2, 0.25) is 0 Å². The highest BCUT2D eigenvalue weighted by Crippen LogP contribution is 2.11. The van der Waals surface area contributed by atoms with Crippen molar-refractivity contribution < 1.29 is 0 Å². The summed E-state index contributed by atoms with van der Waals surface area (Å²) < 4.78 is 2.13. The number of hydrogen-bond donors (Lipinski definition) is 1. The summed E-state index contributed by atoms with van der Waals surface area (Å²) in [6.07, 6.45) is 7.92. The lowest BCUT2D eigenvalue weighted by Gasteiger charge is -2.04. The van der Waals surface area contributed by atoms with Crippen LogP contribution in [0.1, 0.15) is 29.7 Å². The van der Waals surface area contributed by atoms with E-state index in [9.17, 15) is 0 Å². The molecule has 0 spiro atoms. The molecule has 0 aliphatic rings. The van der Waals surface area contributed by atoms with Crippen LogP contribution in [0.25, 0.3) is 0 Å². The van der Waals surface area contributed by atoms with E-state index in [1.54, 1.807) is 0 Å². The first-order valence-electron chi connectivity index (χ1n) is 5.47. The Labute approximate surface area is 95.9 Å². The summed E-state index contributed by atoms with van der Waals surface area (Å²) in [6, 6.07) is 4.31. The zero-order valence-corrected chi connectivity index (χ0v) is 9.72. The van der Waals surface area contributed by atoms with Gasteiger partial charge in [0.1, 0.15) is 0 Å². The Hall–Kier alpha value is -1.61. The molecule has 16 heavy (non-hydrogen) atoms. The monoisotopic (exact) mass is 215 g/mol. The van der Waals surface area contributed by atoms with E-state index in [1.165, 1.54) is 16.7 Å². The molecule has 0 aliphatic carbocycles. The second-order valence-electron chi connectivity index (χ2n) is 4.28. The fourth-order valence-electron chi connectivity index (χ4n) is 1.74. The van der Waals surface area contributed by atoms with Crippen LogP contribution in [0, 0.1) is 6.92 Å². The van der Waals surface area contributed by atoms with Gasteiger partial charge in [-0.3, -0.25) is 4.98 Å².